The lowest BCUT2D eigenvalue weighted by Crippen LogP contribution is -2.65. The van der Waals surface area contributed by atoms with Crippen molar-refractivity contribution < 1.29 is 58.4 Å². The van der Waals surface area contributed by atoms with Gasteiger partial charge in [0.25, 0.3) is 0 Å². The molecule has 2 aliphatic rings. The molecule has 2 fully saturated rings. The zero-order valence-electron chi connectivity index (χ0n) is 16.5. The van der Waals surface area contributed by atoms with E-state index in [1.807, 2.05) is 0 Å². The van der Waals surface area contributed by atoms with Gasteiger partial charge in [-0.25, -0.2) is 0 Å². The number of hydrogen-bond acceptors (Lipinski definition) is 12. The van der Waals surface area contributed by atoms with Crippen molar-refractivity contribution in [2.45, 2.75) is 82.2 Å². The van der Waals surface area contributed by atoms with Gasteiger partial charge in [-0.3, -0.25) is 9.59 Å². The number of hydrogen-bond donors (Lipinski definition) is 4. The Balaban J connectivity index is 2.28. The van der Waals surface area contributed by atoms with Gasteiger partial charge in [0.05, 0.1) is 12.7 Å². The van der Waals surface area contributed by atoms with Crippen LogP contribution in [0.15, 0.2) is 0 Å². The molecule has 0 bridgehead atoms. The summed E-state index contributed by atoms with van der Waals surface area (Å²) in [4.78, 5) is 23.0. The third-order valence-electron chi connectivity index (χ3n) is 4.74. The molecule has 0 aromatic rings. The first-order valence-corrected chi connectivity index (χ1v) is 9.09. The van der Waals surface area contributed by atoms with Crippen LogP contribution in [0.25, 0.3) is 0 Å². The topological polar surface area (TPSA) is 170 Å². The highest BCUT2D eigenvalue weighted by atomic mass is 16.7. The van der Waals surface area contributed by atoms with E-state index >= 15 is 0 Å². The molecule has 2 saturated heterocycles. The Morgan fingerprint density at radius 1 is 0.897 bits per heavy atom. The zero-order chi connectivity index (χ0) is 21.9. The molecule has 0 radical (unpaired) electrons. The highest BCUT2D eigenvalue weighted by molar-refractivity contribution is 5.67. The summed E-state index contributed by atoms with van der Waals surface area (Å²) in [6.07, 6.45) is -12.9. The Kier molecular flexibility index (Phi) is 8.31. The smallest absolute Gasteiger partial charge is 0.303 e. The number of methoxy groups -OCH3 is 1. The first-order chi connectivity index (χ1) is 13.6. The third kappa shape index (κ3) is 5.41. The molecule has 0 aliphatic carbocycles. The quantitative estimate of drug-likeness (QED) is 0.329. The van der Waals surface area contributed by atoms with Crippen molar-refractivity contribution in [1.82, 2.24) is 0 Å². The van der Waals surface area contributed by atoms with Crippen LogP contribution in [0.4, 0.5) is 0 Å². The number of esters is 2. The van der Waals surface area contributed by atoms with Gasteiger partial charge in [-0.05, 0) is 6.92 Å². The predicted octanol–water partition coefficient (Wildman–Crippen LogP) is -2.57. The molecule has 0 spiro atoms. The highest BCUT2D eigenvalue weighted by Gasteiger charge is 2.53. The van der Waals surface area contributed by atoms with Crippen molar-refractivity contribution in [3.8, 4) is 0 Å². The summed E-state index contributed by atoms with van der Waals surface area (Å²) in [6.45, 7) is 3.28. The van der Waals surface area contributed by atoms with E-state index in [9.17, 15) is 30.0 Å². The van der Waals surface area contributed by atoms with Gasteiger partial charge < -0.3 is 48.8 Å². The van der Waals surface area contributed by atoms with Crippen molar-refractivity contribution in [1.29, 1.82) is 0 Å². The van der Waals surface area contributed by atoms with Gasteiger partial charge in [-0.1, -0.05) is 0 Å². The maximum Gasteiger partial charge on any atom is 0.303 e. The lowest BCUT2D eigenvalue weighted by molar-refractivity contribution is -0.354. The number of aliphatic hydroxyl groups excluding tert-OH is 4. The Hall–Kier alpha value is -1.38. The van der Waals surface area contributed by atoms with Gasteiger partial charge in [-0.15, -0.1) is 0 Å². The molecular weight excluding hydrogens is 396 g/mol. The minimum absolute atomic E-state index is 0.599. The van der Waals surface area contributed by atoms with Gasteiger partial charge in [0.15, 0.2) is 24.8 Å². The second-order valence-corrected chi connectivity index (χ2v) is 6.89. The van der Waals surface area contributed by atoms with Gasteiger partial charge in [0.2, 0.25) is 0 Å². The molecule has 0 amide bonds. The molecule has 0 saturated carbocycles. The third-order valence-corrected chi connectivity index (χ3v) is 4.74. The summed E-state index contributed by atoms with van der Waals surface area (Å²) >= 11 is 0. The van der Waals surface area contributed by atoms with Crippen molar-refractivity contribution in [2.24, 2.45) is 0 Å². The number of aliphatic hydroxyl groups is 4. The molecule has 29 heavy (non-hydrogen) atoms. The van der Waals surface area contributed by atoms with Gasteiger partial charge >= 0.3 is 11.9 Å². The van der Waals surface area contributed by atoms with E-state index in [-0.39, 0.29) is 0 Å². The van der Waals surface area contributed by atoms with Crippen molar-refractivity contribution in [3.63, 3.8) is 0 Å². The van der Waals surface area contributed by atoms with E-state index in [2.05, 4.69) is 0 Å². The van der Waals surface area contributed by atoms with E-state index < -0.39 is 80.0 Å². The van der Waals surface area contributed by atoms with Crippen molar-refractivity contribution in [2.75, 3.05) is 13.7 Å². The molecular formula is C17H28O12. The van der Waals surface area contributed by atoms with E-state index in [0.717, 1.165) is 6.92 Å². The molecule has 10 atom stereocenters. The molecule has 0 unspecified atom stereocenters. The Bertz CT molecular complexity index is 571. The lowest BCUT2D eigenvalue weighted by Gasteiger charge is -2.46. The zero-order valence-corrected chi connectivity index (χ0v) is 16.5. The molecule has 168 valence electrons. The van der Waals surface area contributed by atoms with Gasteiger partial charge in [-0.2, -0.15) is 0 Å². The maximum absolute atomic E-state index is 11.6. The van der Waals surface area contributed by atoms with Crippen LogP contribution in [-0.2, 0) is 38.0 Å². The molecule has 4 N–H and O–H groups in total. The summed E-state index contributed by atoms with van der Waals surface area (Å²) in [6, 6.07) is 0. The van der Waals surface area contributed by atoms with Crippen LogP contribution >= 0.6 is 0 Å². The largest absolute Gasteiger partial charge is 0.457 e. The van der Waals surface area contributed by atoms with Gasteiger partial charge in [0.1, 0.15) is 30.5 Å². The number of ether oxygens (including phenoxy) is 6. The van der Waals surface area contributed by atoms with Crippen LogP contribution in [0.2, 0.25) is 0 Å². The maximum atomic E-state index is 11.6. The molecule has 12 heteroatoms. The van der Waals surface area contributed by atoms with Crippen LogP contribution in [0.1, 0.15) is 20.8 Å². The molecule has 2 heterocycles. The minimum atomic E-state index is -1.74. The van der Waals surface area contributed by atoms with E-state index in [1.54, 1.807) is 6.92 Å². The molecule has 0 aromatic carbocycles. The number of carbonyl (C=O) groups excluding carboxylic acids is 2. The normalized spacial score (nSPS) is 42.9. The van der Waals surface area contributed by atoms with Crippen molar-refractivity contribution >= 4 is 11.9 Å². The van der Waals surface area contributed by atoms with Gasteiger partial charge in [0, 0.05) is 21.0 Å². The van der Waals surface area contributed by atoms with Crippen LogP contribution in [0.3, 0.4) is 0 Å². The Labute approximate surface area is 167 Å². The standard InChI is InChI=1S/C17H28O12/c1-6-12(26-7(2)19)14(24-4)15(27-8(3)20)17(25-6)29-13-10(21)9(5-18)28-16(23)11(13)22/h6,9-18,21-23H,5H2,1-4H3/t6-,9+,10+,11+,12+,13-,14+,15+,16+,17-/m0/s1. The van der Waals surface area contributed by atoms with E-state index in [1.165, 1.54) is 14.0 Å². The first-order valence-electron chi connectivity index (χ1n) is 9.09. The van der Waals surface area contributed by atoms with Crippen LogP contribution < -0.4 is 0 Å². The molecule has 12 nitrogen and oxygen atoms in total. The summed E-state index contributed by atoms with van der Waals surface area (Å²) < 4.78 is 32.1. The summed E-state index contributed by atoms with van der Waals surface area (Å²) in [5.41, 5.74) is 0. The fourth-order valence-corrected chi connectivity index (χ4v) is 3.40. The average Bonchev–Trinajstić information content (AvgIpc) is 2.64. The van der Waals surface area contributed by atoms with E-state index in [4.69, 9.17) is 28.4 Å². The molecule has 0 aromatic heterocycles. The van der Waals surface area contributed by atoms with Crippen molar-refractivity contribution in [3.05, 3.63) is 0 Å². The summed E-state index contributed by atoms with van der Waals surface area (Å²) in [7, 11) is 1.32. The second kappa shape index (κ2) is 10.1. The number of rotatable bonds is 6. The minimum Gasteiger partial charge on any atom is -0.457 e. The fraction of sp³-hybridized carbons (Fsp3) is 0.882. The monoisotopic (exact) mass is 424 g/mol. The average molecular weight is 424 g/mol. The fourth-order valence-electron chi connectivity index (χ4n) is 3.40. The molecule has 2 rings (SSSR count). The SMILES string of the molecule is CO[C@H]1[C@@H](OC(C)=O)[C@H](O[C@@H]2[C@@H](O)[C@H](O)O[C@H](CO)[C@H]2O)O[C@@H](C)[C@H]1OC(C)=O. The Morgan fingerprint density at radius 2 is 1.48 bits per heavy atom. The Morgan fingerprint density at radius 3 is 2.00 bits per heavy atom. The summed E-state index contributed by atoms with van der Waals surface area (Å²) in [5, 5.41) is 39.6. The van der Waals surface area contributed by atoms with E-state index in [0.29, 0.717) is 0 Å². The number of carbonyl (C=O) groups is 2. The predicted molar refractivity (Wildman–Crippen MR) is 91.1 cm³/mol. The van der Waals surface area contributed by atoms with Crippen LogP contribution in [0, 0.1) is 0 Å². The highest BCUT2D eigenvalue weighted by Crippen LogP contribution is 2.32. The van der Waals surface area contributed by atoms with Crippen LogP contribution in [-0.4, -0.2) is 107 Å². The second-order valence-electron chi connectivity index (χ2n) is 6.89. The first kappa shape index (κ1) is 23.9. The molecule has 2 aliphatic heterocycles. The van der Waals surface area contributed by atoms with Crippen LogP contribution in [0.5, 0.6) is 0 Å². The summed E-state index contributed by atoms with van der Waals surface area (Å²) in [5.74, 6) is -1.30. The lowest BCUT2D eigenvalue weighted by atomic mass is 9.97.